The van der Waals surface area contributed by atoms with Gasteiger partial charge in [0.15, 0.2) is 0 Å². The number of rotatable bonds is 6. The van der Waals surface area contributed by atoms with Gasteiger partial charge < -0.3 is 4.74 Å². The molecule has 0 unspecified atom stereocenters. The topological polar surface area (TPSA) is 50.1 Å². The summed E-state index contributed by atoms with van der Waals surface area (Å²) in [6.45, 7) is 2.21. The molecule has 3 aromatic rings. The second-order valence-corrected chi connectivity index (χ2v) is 6.38. The van der Waals surface area contributed by atoms with E-state index in [-0.39, 0.29) is 0 Å². The average molecular weight is 343 g/mol. The van der Waals surface area contributed by atoms with Crippen molar-refractivity contribution in [2.45, 2.75) is 32.6 Å². The van der Waals surface area contributed by atoms with E-state index in [1.165, 1.54) is 24.8 Å². The molecule has 0 spiro atoms. The standard InChI is InChI=1S/C23H21NO2/c1-2-3-4-5-17-6-9-20-15-21(11-10-19(20)14-17)23(25)26-22-12-7-18(16-24)8-13-22/h6-15H,2-5H2,1H3. The number of hydrogen-bond acceptors (Lipinski definition) is 3. The van der Waals surface area contributed by atoms with Gasteiger partial charge in [0.1, 0.15) is 5.75 Å². The van der Waals surface area contributed by atoms with E-state index >= 15 is 0 Å². The monoisotopic (exact) mass is 343 g/mol. The molecule has 3 rings (SSSR count). The van der Waals surface area contributed by atoms with E-state index in [0.29, 0.717) is 16.9 Å². The van der Waals surface area contributed by atoms with Crippen LogP contribution in [0, 0.1) is 11.3 Å². The van der Waals surface area contributed by atoms with Crippen molar-refractivity contribution >= 4 is 16.7 Å². The molecular weight excluding hydrogens is 322 g/mol. The highest BCUT2D eigenvalue weighted by Crippen LogP contribution is 2.21. The van der Waals surface area contributed by atoms with Crippen molar-refractivity contribution in [3.8, 4) is 11.8 Å². The molecule has 3 heteroatoms. The third-order valence-electron chi connectivity index (χ3n) is 4.40. The average Bonchev–Trinajstić information content (AvgIpc) is 2.68. The first-order valence-electron chi connectivity index (χ1n) is 8.94. The number of fused-ring (bicyclic) bond motifs is 1. The second-order valence-electron chi connectivity index (χ2n) is 6.38. The van der Waals surface area contributed by atoms with Gasteiger partial charge in [0.2, 0.25) is 0 Å². The third kappa shape index (κ3) is 4.29. The first kappa shape index (κ1) is 17.7. The van der Waals surface area contributed by atoms with E-state index in [4.69, 9.17) is 10.00 Å². The van der Waals surface area contributed by atoms with Gasteiger partial charge >= 0.3 is 5.97 Å². The lowest BCUT2D eigenvalue weighted by Gasteiger charge is -2.07. The summed E-state index contributed by atoms with van der Waals surface area (Å²) in [5.74, 6) is 0.0315. The fourth-order valence-corrected chi connectivity index (χ4v) is 2.92. The van der Waals surface area contributed by atoms with Crippen LogP contribution in [0.2, 0.25) is 0 Å². The number of carbonyl (C=O) groups excluding carboxylic acids is 1. The Balaban J connectivity index is 1.74. The zero-order chi connectivity index (χ0) is 18.4. The lowest BCUT2D eigenvalue weighted by Crippen LogP contribution is -2.08. The summed E-state index contributed by atoms with van der Waals surface area (Å²) in [7, 11) is 0. The SMILES string of the molecule is CCCCCc1ccc2cc(C(=O)Oc3ccc(C#N)cc3)ccc2c1. The number of nitrogens with zero attached hydrogens (tertiary/aromatic N) is 1. The summed E-state index contributed by atoms with van der Waals surface area (Å²) in [6, 6.07) is 20.6. The maximum Gasteiger partial charge on any atom is 0.343 e. The molecule has 130 valence electrons. The first-order valence-corrected chi connectivity index (χ1v) is 8.94. The molecule has 0 saturated heterocycles. The Morgan fingerprint density at radius 2 is 1.69 bits per heavy atom. The lowest BCUT2D eigenvalue weighted by atomic mass is 10.0. The first-order chi connectivity index (χ1) is 12.7. The predicted molar refractivity (Wildman–Crippen MR) is 103 cm³/mol. The van der Waals surface area contributed by atoms with Crippen molar-refractivity contribution in [1.29, 1.82) is 5.26 Å². The van der Waals surface area contributed by atoms with Crippen molar-refractivity contribution in [2.24, 2.45) is 0 Å². The van der Waals surface area contributed by atoms with Crippen molar-refractivity contribution in [2.75, 3.05) is 0 Å². The zero-order valence-electron chi connectivity index (χ0n) is 14.9. The fraction of sp³-hybridized carbons (Fsp3) is 0.217. The van der Waals surface area contributed by atoms with Gasteiger partial charge in [-0.15, -0.1) is 0 Å². The molecule has 0 saturated carbocycles. The van der Waals surface area contributed by atoms with Crippen molar-refractivity contribution < 1.29 is 9.53 Å². The summed E-state index contributed by atoms with van der Waals surface area (Å²) in [5, 5.41) is 11.0. The smallest absolute Gasteiger partial charge is 0.343 e. The van der Waals surface area contributed by atoms with Crippen LogP contribution in [-0.4, -0.2) is 5.97 Å². The Kier molecular flexibility index (Phi) is 5.66. The van der Waals surface area contributed by atoms with Crippen molar-refractivity contribution in [3.63, 3.8) is 0 Å². The Bertz CT molecular complexity index is 952. The molecule has 3 nitrogen and oxygen atoms in total. The molecule has 0 radical (unpaired) electrons. The van der Waals surface area contributed by atoms with Crippen LogP contribution in [0.4, 0.5) is 0 Å². The Morgan fingerprint density at radius 3 is 2.42 bits per heavy atom. The summed E-state index contributed by atoms with van der Waals surface area (Å²) >= 11 is 0. The molecule has 26 heavy (non-hydrogen) atoms. The van der Waals surface area contributed by atoms with Crippen LogP contribution in [-0.2, 0) is 6.42 Å². The largest absolute Gasteiger partial charge is 0.423 e. The van der Waals surface area contributed by atoms with E-state index in [1.54, 1.807) is 30.3 Å². The van der Waals surface area contributed by atoms with E-state index in [9.17, 15) is 4.79 Å². The van der Waals surface area contributed by atoms with Gasteiger partial charge in [0.25, 0.3) is 0 Å². The van der Waals surface area contributed by atoms with Crippen LogP contribution in [0.3, 0.4) is 0 Å². The number of aryl methyl sites for hydroxylation is 1. The van der Waals surface area contributed by atoms with E-state index in [0.717, 1.165) is 17.2 Å². The van der Waals surface area contributed by atoms with Gasteiger partial charge in [0, 0.05) is 0 Å². The zero-order valence-corrected chi connectivity index (χ0v) is 14.9. The Labute approximate surface area is 153 Å². The van der Waals surface area contributed by atoms with Crippen LogP contribution in [0.1, 0.15) is 47.7 Å². The highest BCUT2D eigenvalue weighted by molar-refractivity contribution is 5.96. The van der Waals surface area contributed by atoms with Crippen molar-refractivity contribution in [3.05, 3.63) is 77.4 Å². The van der Waals surface area contributed by atoms with Crippen molar-refractivity contribution in [1.82, 2.24) is 0 Å². The molecule has 0 aliphatic carbocycles. The van der Waals surface area contributed by atoms with Crippen LogP contribution in [0.25, 0.3) is 10.8 Å². The molecular formula is C23H21NO2. The number of esters is 1. The molecule has 0 N–H and O–H groups in total. The number of benzene rings is 3. The normalized spacial score (nSPS) is 10.5. The summed E-state index contributed by atoms with van der Waals surface area (Å²) in [6.07, 6.45) is 4.76. The summed E-state index contributed by atoms with van der Waals surface area (Å²) in [4.78, 5) is 12.4. The number of nitriles is 1. The maximum absolute atomic E-state index is 12.4. The van der Waals surface area contributed by atoms with E-state index in [2.05, 4.69) is 25.1 Å². The maximum atomic E-state index is 12.4. The summed E-state index contributed by atoms with van der Waals surface area (Å²) < 4.78 is 5.39. The van der Waals surface area contributed by atoms with E-state index in [1.807, 2.05) is 18.2 Å². The van der Waals surface area contributed by atoms with Gasteiger partial charge in [-0.3, -0.25) is 0 Å². The Hall–Kier alpha value is -3.12. The number of hydrogen-bond donors (Lipinski definition) is 0. The quantitative estimate of drug-likeness (QED) is 0.329. The minimum Gasteiger partial charge on any atom is -0.423 e. The van der Waals surface area contributed by atoms with Crippen LogP contribution in [0.15, 0.2) is 60.7 Å². The molecule has 0 aliphatic rings. The number of ether oxygens (including phenoxy) is 1. The molecule has 0 bridgehead atoms. The van der Waals surface area contributed by atoms with Gasteiger partial charge in [-0.1, -0.05) is 44.0 Å². The second kappa shape index (κ2) is 8.31. The predicted octanol–water partition coefficient (Wildman–Crippen LogP) is 5.66. The third-order valence-corrected chi connectivity index (χ3v) is 4.40. The van der Waals surface area contributed by atoms with E-state index < -0.39 is 5.97 Å². The molecule has 0 fully saturated rings. The van der Waals surface area contributed by atoms with Crippen LogP contribution < -0.4 is 4.74 Å². The van der Waals surface area contributed by atoms with Gasteiger partial charge in [0.05, 0.1) is 17.2 Å². The van der Waals surface area contributed by atoms with Gasteiger partial charge in [-0.2, -0.15) is 5.26 Å². The molecule has 0 aromatic heterocycles. The summed E-state index contributed by atoms with van der Waals surface area (Å²) in [5.41, 5.74) is 2.38. The van der Waals surface area contributed by atoms with Gasteiger partial charge in [-0.25, -0.2) is 4.79 Å². The highest BCUT2D eigenvalue weighted by Gasteiger charge is 2.10. The molecule has 3 aromatic carbocycles. The molecule has 0 heterocycles. The number of unbranched alkanes of at least 4 members (excludes halogenated alkanes) is 2. The molecule has 0 atom stereocenters. The van der Waals surface area contributed by atoms with Crippen LogP contribution >= 0.6 is 0 Å². The van der Waals surface area contributed by atoms with Gasteiger partial charge in [-0.05, 0) is 65.6 Å². The molecule has 0 aliphatic heterocycles. The lowest BCUT2D eigenvalue weighted by molar-refractivity contribution is 0.0735. The number of carbonyl (C=O) groups is 1. The fourth-order valence-electron chi connectivity index (χ4n) is 2.92. The Morgan fingerprint density at radius 1 is 0.962 bits per heavy atom. The minimum absolute atomic E-state index is 0.399. The minimum atomic E-state index is -0.399. The molecule has 0 amide bonds. The van der Waals surface area contributed by atoms with Crippen LogP contribution in [0.5, 0.6) is 5.75 Å². The highest BCUT2D eigenvalue weighted by atomic mass is 16.5.